The molecular weight excluding hydrogens is 180 g/mol. The predicted molar refractivity (Wildman–Crippen MR) is 44.5 cm³/mol. The summed E-state index contributed by atoms with van der Waals surface area (Å²) in [5, 5.41) is 0. The predicted octanol–water partition coefficient (Wildman–Crippen LogP) is 1.31. The lowest BCUT2D eigenvalue weighted by molar-refractivity contribution is -0.145. The molecule has 0 bridgehead atoms. The van der Waals surface area contributed by atoms with Crippen molar-refractivity contribution in [3.05, 3.63) is 0 Å². The van der Waals surface area contributed by atoms with E-state index in [2.05, 4.69) is 4.74 Å². The van der Waals surface area contributed by atoms with E-state index in [0.29, 0.717) is 0 Å². The first-order chi connectivity index (χ1) is 5.87. The Bertz CT molecular complexity index is 168. The zero-order valence-electron chi connectivity index (χ0n) is 7.85. The van der Waals surface area contributed by atoms with Gasteiger partial charge in [-0.2, -0.15) is 0 Å². The second-order valence-corrected chi connectivity index (χ2v) is 2.97. The van der Waals surface area contributed by atoms with Crippen LogP contribution in [0.4, 0.5) is 8.78 Å². The van der Waals surface area contributed by atoms with Crippen LogP contribution in [0.15, 0.2) is 0 Å². The van der Waals surface area contributed by atoms with Crippen LogP contribution in [0.5, 0.6) is 0 Å². The summed E-state index contributed by atoms with van der Waals surface area (Å²) < 4.78 is 29.2. The van der Waals surface area contributed by atoms with Gasteiger partial charge in [-0.15, -0.1) is 0 Å². The molecule has 0 heterocycles. The van der Waals surface area contributed by atoms with E-state index < -0.39 is 24.4 Å². The van der Waals surface area contributed by atoms with Crippen molar-refractivity contribution in [3.63, 3.8) is 0 Å². The molecule has 0 aliphatic carbocycles. The van der Waals surface area contributed by atoms with Crippen molar-refractivity contribution < 1.29 is 18.3 Å². The minimum atomic E-state index is -2.77. The molecule has 2 N–H and O–H groups in total. The summed E-state index contributed by atoms with van der Waals surface area (Å²) in [5.74, 6) is -3.39. The standard InChI is InChI=1S/C8H15F2NO2/c1-3-13-7(12)6(11)4-5-8(2,9)10/h6H,3-5,11H2,1-2H3. The molecule has 0 aromatic carbocycles. The fraction of sp³-hybridized carbons (Fsp3) is 0.875. The van der Waals surface area contributed by atoms with Gasteiger partial charge < -0.3 is 10.5 Å². The van der Waals surface area contributed by atoms with Crippen LogP contribution < -0.4 is 5.73 Å². The van der Waals surface area contributed by atoms with Gasteiger partial charge in [-0.25, -0.2) is 8.78 Å². The monoisotopic (exact) mass is 195 g/mol. The molecule has 0 fully saturated rings. The lowest BCUT2D eigenvalue weighted by Gasteiger charge is -2.13. The molecule has 0 aromatic heterocycles. The third kappa shape index (κ3) is 6.45. The average molecular weight is 195 g/mol. The molecule has 0 spiro atoms. The number of nitrogens with two attached hydrogens (primary N) is 1. The first-order valence-electron chi connectivity index (χ1n) is 4.17. The highest BCUT2D eigenvalue weighted by Crippen LogP contribution is 2.19. The number of carbonyl (C=O) groups excluding carboxylic acids is 1. The molecule has 78 valence electrons. The van der Waals surface area contributed by atoms with Gasteiger partial charge in [0.05, 0.1) is 6.61 Å². The normalized spacial score (nSPS) is 13.9. The molecular formula is C8H15F2NO2. The van der Waals surface area contributed by atoms with Gasteiger partial charge >= 0.3 is 5.97 Å². The maximum absolute atomic E-state index is 12.3. The van der Waals surface area contributed by atoms with Crippen LogP contribution in [0.1, 0.15) is 26.7 Å². The minimum absolute atomic E-state index is 0.0532. The Morgan fingerprint density at radius 2 is 2.15 bits per heavy atom. The van der Waals surface area contributed by atoms with Crippen LogP contribution >= 0.6 is 0 Å². The van der Waals surface area contributed by atoms with Crippen molar-refractivity contribution in [2.24, 2.45) is 5.73 Å². The molecule has 0 rings (SSSR count). The summed E-state index contributed by atoms with van der Waals surface area (Å²) in [6, 6.07) is -0.939. The Hall–Kier alpha value is -0.710. The second kappa shape index (κ2) is 5.11. The third-order valence-corrected chi connectivity index (χ3v) is 1.48. The van der Waals surface area contributed by atoms with Crippen LogP contribution in [-0.4, -0.2) is 24.5 Å². The zero-order valence-corrected chi connectivity index (χ0v) is 7.85. The molecule has 0 amide bonds. The largest absolute Gasteiger partial charge is 0.465 e. The minimum Gasteiger partial charge on any atom is -0.465 e. The van der Waals surface area contributed by atoms with Crippen molar-refractivity contribution in [1.82, 2.24) is 0 Å². The maximum Gasteiger partial charge on any atom is 0.322 e. The molecule has 1 atom stereocenters. The molecule has 1 unspecified atom stereocenters. The molecule has 0 radical (unpaired) electrons. The van der Waals surface area contributed by atoms with Crippen molar-refractivity contribution in [1.29, 1.82) is 0 Å². The van der Waals surface area contributed by atoms with E-state index in [4.69, 9.17) is 5.73 Å². The number of halogens is 2. The highest BCUT2D eigenvalue weighted by molar-refractivity contribution is 5.75. The van der Waals surface area contributed by atoms with Crippen LogP contribution in [0.3, 0.4) is 0 Å². The number of ether oxygens (including phenoxy) is 1. The Kier molecular flexibility index (Phi) is 4.83. The summed E-state index contributed by atoms with van der Waals surface area (Å²) in [6.45, 7) is 2.65. The quantitative estimate of drug-likeness (QED) is 0.673. The van der Waals surface area contributed by atoms with Crippen LogP contribution in [0.2, 0.25) is 0 Å². The van der Waals surface area contributed by atoms with E-state index in [9.17, 15) is 13.6 Å². The van der Waals surface area contributed by atoms with E-state index in [1.54, 1.807) is 6.92 Å². The second-order valence-electron chi connectivity index (χ2n) is 2.97. The van der Waals surface area contributed by atoms with Gasteiger partial charge in [0.25, 0.3) is 0 Å². The summed E-state index contributed by atoms with van der Waals surface area (Å²) in [6.07, 6.45) is -0.449. The topological polar surface area (TPSA) is 52.3 Å². The number of esters is 1. The van der Waals surface area contributed by atoms with Crippen molar-refractivity contribution in [2.75, 3.05) is 6.61 Å². The van der Waals surface area contributed by atoms with E-state index in [1.807, 2.05) is 0 Å². The van der Waals surface area contributed by atoms with Crippen molar-refractivity contribution in [2.45, 2.75) is 38.7 Å². The average Bonchev–Trinajstić information content (AvgIpc) is 1.99. The summed E-state index contributed by atoms with van der Waals surface area (Å²) in [5.41, 5.74) is 5.30. The SMILES string of the molecule is CCOC(=O)C(N)CCC(C)(F)F. The molecule has 5 heteroatoms. The number of rotatable bonds is 5. The summed E-state index contributed by atoms with van der Waals surface area (Å²) >= 11 is 0. The van der Waals surface area contributed by atoms with Crippen LogP contribution in [-0.2, 0) is 9.53 Å². The molecule has 3 nitrogen and oxygen atoms in total. The third-order valence-electron chi connectivity index (χ3n) is 1.48. The number of carbonyl (C=O) groups is 1. The highest BCUT2D eigenvalue weighted by atomic mass is 19.3. The molecule has 0 aliphatic rings. The Labute approximate surface area is 76.2 Å². The van der Waals surface area contributed by atoms with Gasteiger partial charge in [0.15, 0.2) is 0 Å². The van der Waals surface area contributed by atoms with Crippen LogP contribution in [0, 0.1) is 0 Å². The lowest BCUT2D eigenvalue weighted by atomic mass is 10.1. The van der Waals surface area contributed by atoms with Crippen LogP contribution in [0.25, 0.3) is 0 Å². The van der Waals surface area contributed by atoms with Gasteiger partial charge in [-0.05, 0) is 20.3 Å². The zero-order chi connectivity index (χ0) is 10.5. The maximum atomic E-state index is 12.3. The smallest absolute Gasteiger partial charge is 0.322 e. The van der Waals surface area contributed by atoms with Crippen molar-refractivity contribution in [3.8, 4) is 0 Å². The first-order valence-corrected chi connectivity index (χ1v) is 4.17. The van der Waals surface area contributed by atoms with E-state index in [-0.39, 0.29) is 13.0 Å². The van der Waals surface area contributed by atoms with E-state index >= 15 is 0 Å². The van der Waals surface area contributed by atoms with Gasteiger partial charge in [-0.3, -0.25) is 4.79 Å². The Morgan fingerprint density at radius 3 is 2.54 bits per heavy atom. The molecule has 0 aliphatic heterocycles. The van der Waals surface area contributed by atoms with Crippen molar-refractivity contribution >= 4 is 5.97 Å². The lowest BCUT2D eigenvalue weighted by Crippen LogP contribution is -2.33. The number of hydrogen-bond donors (Lipinski definition) is 1. The fourth-order valence-electron chi connectivity index (χ4n) is 0.776. The van der Waals surface area contributed by atoms with Gasteiger partial charge in [0, 0.05) is 6.42 Å². The summed E-state index contributed by atoms with van der Waals surface area (Å²) in [4.78, 5) is 10.9. The van der Waals surface area contributed by atoms with E-state index in [0.717, 1.165) is 6.92 Å². The van der Waals surface area contributed by atoms with Gasteiger partial charge in [-0.1, -0.05) is 0 Å². The molecule has 0 saturated heterocycles. The Morgan fingerprint density at radius 1 is 1.62 bits per heavy atom. The molecule has 0 aromatic rings. The van der Waals surface area contributed by atoms with E-state index in [1.165, 1.54) is 0 Å². The molecule has 13 heavy (non-hydrogen) atoms. The Balaban J connectivity index is 3.74. The van der Waals surface area contributed by atoms with Gasteiger partial charge in [0.1, 0.15) is 6.04 Å². The fourth-order valence-corrected chi connectivity index (χ4v) is 0.776. The summed E-state index contributed by atoms with van der Waals surface area (Å²) in [7, 11) is 0. The number of hydrogen-bond acceptors (Lipinski definition) is 3. The first kappa shape index (κ1) is 12.3. The van der Waals surface area contributed by atoms with Gasteiger partial charge in [0.2, 0.25) is 5.92 Å². The number of alkyl halides is 2. The molecule has 0 saturated carbocycles. The highest BCUT2D eigenvalue weighted by Gasteiger charge is 2.24.